The van der Waals surface area contributed by atoms with Gasteiger partial charge in [-0.1, -0.05) is 28.8 Å². The molecule has 0 aromatic rings. The molecular weight excluding hydrogens is 436 g/mol. The summed E-state index contributed by atoms with van der Waals surface area (Å²) in [4.78, 5) is 24.4. The average Bonchev–Trinajstić information content (AvgIpc) is 2.60. The Kier molecular flexibility index (Phi) is 8.55. The lowest BCUT2D eigenvalue weighted by Crippen LogP contribution is -2.51. The molecule has 0 bridgehead atoms. The number of sulfonamides is 1. The molecule has 156 valence electrons. The number of alkyl halides is 1. The summed E-state index contributed by atoms with van der Waals surface area (Å²) in [5.41, 5.74) is 0. The van der Waals surface area contributed by atoms with Crippen molar-refractivity contribution in [3.05, 3.63) is 0 Å². The van der Waals surface area contributed by atoms with Crippen LogP contribution in [0.3, 0.4) is 0 Å². The highest BCUT2D eigenvalue weighted by atomic mass is 79.9. The molecule has 9 heteroatoms. The molecule has 0 heterocycles. The zero-order chi connectivity index (χ0) is 20.0. The summed E-state index contributed by atoms with van der Waals surface area (Å²) >= 11 is 3.59. The van der Waals surface area contributed by atoms with Crippen LogP contribution in [0.15, 0.2) is 0 Å². The predicted molar refractivity (Wildman–Crippen MR) is 107 cm³/mol. The number of hydrogen-bond acceptors (Lipinski definition) is 5. The van der Waals surface area contributed by atoms with Gasteiger partial charge in [0.15, 0.2) is 0 Å². The van der Waals surface area contributed by atoms with Gasteiger partial charge in [0.25, 0.3) is 0 Å². The van der Waals surface area contributed by atoms with Crippen LogP contribution in [-0.4, -0.2) is 60.9 Å². The second-order valence-electron chi connectivity index (χ2n) is 7.54. The molecule has 0 spiro atoms. The Balaban J connectivity index is 1.88. The van der Waals surface area contributed by atoms with Crippen LogP contribution >= 0.6 is 15.9 Å². The Hall–Kier alpha value is -0.670. The van der Waals surface area contributed by atoms with Gasteiger partial charge in [-0.15, -0.1) is 0 Å². The molecule has 0 radical (unpaired) electrons. The molecule has 2 saturated carbocycles. The van der Waals surface area contributed by atoms with E-state index in [0.29, 0.717) is 32.3 Å². The molecule has 0 aliphatic heterocycles. The number of ether oxygens (including phenoxy) is 1. The molecule has 1 N–H and O–H groups in total. The van der Waals surface area contributed by atoms with E-state index in [1.165, 1.54) is 10.6 Å². The third-order valence-corrected chi connectivity index (χ3v) is 7.77. The van der Waals surface area contributed by atoms with E-state index in [4.69, 9.17) is 4.74 Å². The lowest BCUT2D eigenvalue weighted by molar-refractivity contribution is -0.149. The van der Waals surface area contributed by atoms with E-state index >= 15 is 0 Å². The predicted octanol–water partition coefficient (Wildman–Crippen LogP) is 2.19. The van der Waals surface area contributed by atoms with E-state index in [-0.39, 0.29) is 41.3 Å². The number of carbonyl (C=O) groups excluding carboxylic acids is 2. The van der Waals surface area contributed by atoms with E-state index in [0.717, 1.165) is 25.7 Å². The van der Waals surface area contributed by atoms with Gasteiger partial charge in [-0.05, 0) is 45.4 Å². The Morgan fingerprint density at radius 1 is 1.11 bits per heavy atom. The Bertz CT molecular complexity index is 619. The van der Waals surface area contributed by atoms with Gasteiger partial charge in [0.1, 0.15) is 0 Å². The van der Waals surface area contributed by atoms with Crippen LogP contribution in [0.1, 0.15) is 58.3 Å². The second-order valence-corrected chi connectivity index (χ2v) is 10.7. The van der Waals surface area contributed by atoms with E-state index in [1.54, 1.807) is 6.92 Å². The summed E-state index contributed by atoms with van der Waals surface area (Å²) < 4.78 is 30.9. The molecule has 0 aromatic heterocycles. The number of amides is 1. The molecule has 2 fully saturated rings. The van der Waals surface area contributed by atoms with Gasteiger partial charge in [-0.3, -0.25) is 9.59 Å². The lowest BCUT2D eigenvalue weighted by Gasteiger charge is -2.36. The van der Waals surface area contributed by atoms with Gasteiger partial charge in [-0.25, -0.2) is 8.42 Å². The lowest BCUT2D eigenvalue weighted by atomic mass is 9.86. The highest BCUT2D eigenvalue weighted by Crippen LogP contribution is 2.30. The van der Waals surface area contributed by atoms with Crippen molar-refractivity contribution in [2.45, 2.75) is 75.2 Å². The van der Waals surface area contributed by atoms with Crippen molar-refractivity contribution >= 4 is 37.8 Å². The van der Waals surface area contributed by atoms with Crippen LogP contribution in [0.4, 0.5) is 0 Å². The topological polar surface area (TPSA) is 92.8 Å². The molecule has 2 atom stereocenters. The maximum absolute atomic E-state index is 12.5. The van der Waals surface area contributed by atoms with Crippen LogP contribution in [0.2, 0.25) is 0 Å². The first kappa shape index (κ1) is 22.6. The molecule has 0 aromatic carbocycles. The summed E-state index contributed by atoms with van der Waals surface area (Å²) in [6, 6.07) is -0.199. The zero-order valence-electron chi connectivity index (χ0n) is 16.2. The molecule has 2 rings (SSSR count). The van der Waals surface area contributed by atoms with E-state index in [2.05, 4.69) is 21.2 Å². The average molecular weight is 467 g/mol. The van der Waals surface area contributed by atoms with Crippen LogP contribution in [-0.2, 0) is 24.3 Å². The summed E-state index contributed by atoms with van der Waals surface area (Å²) in [7, 11) is -3.48. The van der Waals surface area contributed by atoms with Crippen molar-refractivity contribution in [2.75, 3.05) is 19.4 Å². The number of hydrogen-bond donors (Lipinski definition) is 1. The van der Waals surface area contributed by atoms with Gasteiger partial charge in [0, 0.05) is 16.9 Å². The molecule has 27 heavy (non-hydrogen) atoms. The fraction of sp³-hybridized carbons (Fsp3) is 0.889. The fourth-order valence-electron chi connectivity index (χ4n) is 4.02. The van der Waals surface area contributed by atoms with Crippen molar-refractivity contribution in [3.8, 4) is 0 Å². The summed E-state index contributed by atoms with van der Waals surface area (Å²) in [5, 5.41) is 2.95. The van der Waals surface area contributed by atoms with Gasteiger partial charge >= 0.3 is 5.97 Å². The number of rotatable bonds is 7. The second kappa shape index (κ2) is 10.2. The Morgan fingerprint density at radius 2 is 1.74 bits per heavy atom. The summed E-state index contributed by atoms with van der Waals surface area (Å²) in [5.74, 6) is -0.529. The van der Waals surface area contributed by atoms with Crippen LogP contribution < -0.4 is 5.32 Å². The smallest absolute Gasteiger partial charge is 0.308 e. The van der Waals surface area contributed by atoms with Gasteiger partial charge in [0.05, 0.1) is 25.3 Å². The normalized spacial score (nSPS) is 29.3. The number of nitrogens with one attached hydrogen (secondary N) is 1. The van der Waals surface area contributed by atoms with Crippen LogP contribution in [0, 0.1) is 5.92 Å². The minimum Gasteiger partial charge on any atom is -0.466 e. The van der Waals surface area contributed by atoms with Crippen molar-refractivity contribution < 1.29 is 22.7 Å². The fourth-order valence-corrected chi connectivity index (χ4v) is 6.15. The molecule has 7 nitrogen and oxygen atoms in total. The standard InChI is InChI=1S/C18H31BrN2O5S/c1-3-26-18(23)13-8-10-14(11-9-13)20-17(22)12-21(27(2,24)25)16-7-5-4-6-15(16)19/h13-16H,3-12H2,1-2H3,(H,20,22). The number of nitrogens with zero attached hydrogens (tertiary/aromatic N) is 1. The van der Waals surface area contributed by atoms with E-state index in [1.807, 2.05) is 0 Å². The Labute approximate surface area is 170 Å². The van der Waals surface area contributed by atoms with Crippen molar-refractivity contribution in [3.63, 3.8) is 0 Å². The molecule has 2 aliphatic rings. The number of carbonyl (C=O) groups is 2. The Morgan fingerprint density at radius 3 is 2.30 bits per heavy atom. The number of halogens is 1. The summed E-state index contributed by atoms with van der Waals surface area (Å²) in [6.07, 6.45) is 7.67. The largest absolute Gasteiger partial charge is 0.466 e. The molecule has 2 unspecified atom stereocenters. The maximum Gasteiger partial charge on any atom is 0.308 e. The highest BCUT2D eigenvalue weighted by Gasteiger charge is 2.35. The monoisotopic (exact) mass is 466 g/mol. The van der Waals surface area contributed by atoms with Crippen molar-refractivity contribution in [1.29, 1.82) is 0 Å². The minimum absolute atomic E-state index is 0.0179. The van der Waals surface area contributed by atoms with Crippen molar-refractivity contribution in [1.82, 2.24) is 9.62 Å². The maximum atomic E-state index is 12.5. The summed E-state index contributed by atoms with van der Waals surface area (Å²) in [6.45, 7) is 2.02. The van der Waals surface area contributed by atoms with Gasteiger partial charge in [0.2, 0.25) is 15.9 Å². The molecule has 1 amide bonds. The first-order valence-corrected chi connectivity index (χ1v) is 12.6. The first-order chi connectivity index (χ1) is 12.7. The first-order valence-electron chi connectivity index (χ1n) is 9.79. The zero-order valence-corrected chi connectivity index (χ0v) is 18.6. The highest BCUT2D eigenvalue weighted by molar-refractivity contribution is 9.09. The van der Waals surface area contributed by atoms with Crippen molar-refractivity contribution in [2.24, 2.45) is 5.92 Å². The molecular formula is C18H31BrN2O5S. The quantitative estimate of drug-likeness (QED) is 0.458. The SMILES string of the molecule is CCOC(=O)C1CCC(NC(=O)CN(C2CCCCC2Br)S(C)(=O)=O)CC1. The van der Waals surface area contributed by atoms with E-state index < -0.39 is 10.0 Å². The van der Waals surface area contributed by atoms with E-state index in [9.17, 15) is 18.0 Å². The van der Waals surface area contributed by atoms with Crippen LogP contribution in [0.25, 0.3) is 0 Å². The molecule has 0 saturated heterocycles. The van der Waals surface area contributed by atoms with Crippen LogP contribution in [0.5, 0.6) is 0 Å². The van der Waals surface area contributed by atoms with Gasteiger partial charge in [-0.2, -0.15) is 4.31 Å². The molecule has 2 aliphatic carbocycles. The van der Waals surface area contributed by atoms with Gasteiger partial charge < -0.3 is 10.1 Å². The minimum atomic E-state index is -3.48. The third kappa shape index (κ3) is 6.71. The third-order valence-electron chi connectivity index (χ3n) is 5.45. The number of esters is 1.